The summed E-state index contributed by atoms with van der Waals surface area (Å²) >= 11 is 0. The van der Waals surface area contributed by atoms with Crippen LogP contribution in [0, 0.1) is 0 Å². The summed E-state index contributed by atoms with van der Waals surface area (Å²) in [7, 11) is 0. The first-order valence-corrected chi connectivity index (χ1v) is 4.72. The van der Waals surface area contributed by atoms with E-state index in [-0.39, 0.29) is 5.54 Å². The Morgan fingerprint density at radius 3 is 3.08 bits per heavy atom. The molecule has 2 heteroatoms. The fourth-order valence-corrected chi connectivity index (χ4v) is 2.75. The summed E-state index contributed by atoms with van der Waals surface area (Å²) in [5, 5.41) is 9.38. The SMILES string of the molecule is C=C1CN2[C@@H](C)CCC2(CO)C1. The largest absolute Gasteiger partial charge is 0.394 e. The van der Waals surface area contributed by atoms with Gasteiger partial charge in [0.05, 0.1) is 6.61 Å². The normalized spacial score (nSPS) is 42.2. The second kappa shape index (κ2) is 2.57. The molecule has 1 unspecified atom stereocenters. The molecule has 2 nitrogen and oxygen atoms in total. The summed E-state index contributed by atoms with van der Waals surface area (Å²) in [4.78, 5) is 2.43. The van der Waals surface area contributed by atoms with E-state index in [0.717, 1.165) is 19.4 Å². The summed E-state index contributed by atoms with van der Waals surface area (Å²) in [6, 6.07) is 0.636. The van der Waals surface area contributed by atoms with Crippen LogP contribution in [0.5, 0.6) is 0 Å². The molecule has 2 rings (SSSR count). The van der Waals surface area contributed by atoms with Crippen molar-refractivity contribution in [1.82, 2.24) is 4.90 Å². The molecule has 0 radical (unpaired) electrons. The van der Waals surface area contributed by atoms with Gasteiger partial charge in [0.25, 0.3) is 0 Å². The maximum Gasteiger partial charge on any atom is 0.0618 e. The van der Waals surface area contributed by atoms with Crippen molar-refractivity contribution >= 4 is 0 Å². The topological polar surface area (TPSA) is 23.5 Å². The molecule has 2 atom stereocenters. The third-order valence-electron chi connectivity index (χ3n) is 3.44. The van der Waals surface area contributed by atoms with Crippen molar-refractivity contribution in [2.24, 2.45) is 0 Å². The maximum absolute atomic E-state index is 9.38. The summed E-state index contributed by atoms with van der Waals surface area (Å²) < 4.78 is 0. The third-order valence-corrected chi connectivity index (χ3v) is 3.44. The van der Waals surface area contributed by atoms with Gasteiger partial charge in [0.2, 0.25) is 0 Å². The Morgan fingerprint density at radius 2 is 2.50 bits per heavy atom. The first-order chi connectivity index (χ1) is 5.68. The van der Waals surface area contributed by atoms with Crippen LogP contribution in [0.1, 0.15) is 26.2 Å². The van der Waals surface area contributed by atoms with E-state index in [1.54, 1.807) is 0 Å². The van der Waals surface area contributed by atoms with E-state index >= 15 is 0 Å². The number of aliphatic hydroxyl groups excluding tert-OH is 1. The lowest BCUT2D eigenvalue weighted by atomic mass is 9.94. The van der Waals surface area contributed by atoms with Gasteiger partial charge >= 0.3 is 0 Å². The van der Waals surface area contributed by atoms with Crippen LogP contribution in [0.4, 0.5) is 0 Å². The van der Waals surface area contributed by atoms with E-state index in [1.807, 2.05) is 0 Å². The van der Waals surface area contributed by atoms with Gasteiger partial charge in [-0.05, 0) is 26.2 Å². The third kappa shape index (κ3) is 0.947. The zero-order chi connectivity index (χ0) is 8.77. The minimum absolute atomic E-state index is 0.0799. The molecule has 0 aliphatic carbocycles. The van der Waals surface area contributed by atoms with Crippen molar-refractivity contribution in [2.45, 2.75) is 37.8 Å². The zero-order valence-electron chi connectivity index (χ0n) is 7.71. The van der Waals surface area contributed by atoms with E-state index in [4.69, 9.17) is 0 Å². The maximum atomic E-state index is 9.38. The number of fused-ring (bicyclic) bond motifs is 1. The molecule has 2 aliphatic rings. The van der Waals surface area contributed by atoms with Gasteiger partial charge in [-0.15, -0.1) is 0 Å². The lowest BCUT2D eigenvalue weighted by Crippen LogP contribution is -2.44. The van der Waals surface area contributed by atoms with Gasteiger partial charge in [-0.25, -0.2) is 0 Å². The molecule has 2 heterocycles. The number of aliphatic hydroxyl groups is 1. The molecule has 0 spiro atoms. The molecule has 0 saturated carbocycles. The fourth-order valence-electron chi connectivity index (χ4n) is 2.75. The molecular formula is C10H17NO. The second-order valence-corrected chi connectivity index (χ2v) is 4.32. The average molecular weight is 167 g/mol. The van der Waals surface area contributed by atoms with E-state index in [2.05, 4.69) is 18.4 Å². The fraction of sp³-hybridized carbons (Fsp3) is 0.800. The number of hydrogen-bond donors (Lipinski definition) is 1. The molecule has 2 aliphatic heterocycles. The highest BCUT2D eigenvalue weighted by molar-refractivity contribution is 5.18. The van der Waals surface area contributed by atoms with Crippen LogP contribution in [-0.2, 0) is 0 Å². The zero-order valence-corrected chi connectivity index (χ0v) is 7.71. The van der Waals surface area contributed by atoms with Gasteiger partial charge in [-0.1, -0.05) is 12.2 Å². The molecule has 12 heavy (non-hydrogen) atoms. The Labute approximate surface area is 73.9 Å². The lowest BCUT2D eigenvalue weighted by Gasteiger charge is -2.31. The molecule has 0 aromatic rings. The highest BCUT2D eigenvalue weighted by atomic mass is 16.3. The smallest absolute Gasteiger partial charge is 0.0618 e. The van der Waals surface area contributed by atoms with Crippen LogP contribution >= 0.6 is 0 Å². The second-order valence-electron chi connectivity index (χ2n) is 4.32. The minimum Gasteiger partial charge on any atom is -0.394 e. The lowest BCUT2D eigenvalue weighted by molar-refractivity contribution is 0.0818. The summed E-state index contributed by atoms with van der Waals surface area (Å²) in [5.41, 5.74) is 1.37. The average Bonchev–Trinajstić information content (AvgIpc) is 2.51. The first kappa shape index (κ1) is 8.27. The first-order valence-electron chi connectivity index (χ1n) is 4.72. The van der Waals surface area contributed by atoms with E-state index in [0.29, 0.717) is 12.6 Å². The molecule has 2 fully saturated rings. The molecule has 0 aromatic carbocycles. The molecule has 68 valence electrons. The Morgan fingerprint density at radius 1 is 1.75 bits per heavy atom. The van der Waals surface area contributed by atoms with Crippen LogP contribution in [0.2, 0.25) is 0 Å². The number of nitrogens with zero attached hydrogens (tertiary/aromatic N) is 1. The minimum atomic E-state index is 0.0799. The monoisotopic (exact) mass is 167 g/mol. The van der Waals surface area contributed by atoms with Crippen LogP contribution in [-0.4, -0.2) is 34.7 Å². The molecule has 0 aromatic heterocycles. The van der Waals surface area contributed by atoms with Crippen molar-refractivity contribution in [3.63, 3.8) is 0 Å². The van der Waals surface area contributed by atoms with Gasteiger partial charge < -0.3 is 5.11 Å². The van der Waals surface area contributed by atoms with Gasteiger partial charge in [0.15, 0.2) is 0 Å². The van der Waals surface area contributed by atoms with Crippen LogP contribution in [0.3, 0.4) is 0 Å². The Balaban J connectivity index is 2.25. The molecule has 2 saturated heterocycles. The van der Waals surface area contributed by atoms with E-state index in [9.17, 15) is 5.11 Å². The standard InChI is InChI=1S/C10H17NO/c1-8-5-10(7-12)4-3-9(2)11(10)6-8/h9,12H,1,3-7H2,2H3/t9-,10?/m0/s1. The van der Waals surface area contributed by atoms with Crippen LogP contribution in [0.15, 0.2) is 12.2 Å². The van der Waals surface area contributed by atoms with Crippen molar-refractivity contribution in [1.29, 1.82) is 0 Å². The number of rotatable bonds is 1. The van der Waals surface area contributed by atoms with Crippen molar-refractivity contribution < 1.29 is 5.11 Å². The Kier molecular flexibility index (Phi) is 1.77. The number of hydrogen-bond acceptors (Lipinski definition) is 2. The van der Waals surface area contributed by atoms with Gasteiger partial charge in [0, 0.05) is 18.1 Å². The van der Waals surface area contributed by atoms with Crippen molar-refractivity contribution in [3.05, 3.63) is 12.2 Å². The van der Waals surface area contributed by atoms with Crippen LogP contribution in [0.25, 0.3) is 0 Å². The van der Waals surface area contributed by atoms with Crippen LogP contribution < -0.4 is 0 Å². The highest BCUT2D eigenvalue weighted by Gasteiger charge is 2.48. The summed E-state index contributed by atoms with van der Waals surface area (Å²) in [6.45, 7) is 7.56. The molecule has 1 N–H and O–H groups in total. The van der Waals surface area contributed by atoms with Crippen molar-refractivity contribution in [3.8, 4) is 0 Å². The summed E-state index contributed by atoms with van der Waals surface area (Å²) in [5.74, 6) is 0. The van der Waals surface area contributed by atoms with Gasteiger partial charge in [0.1, 0.15) is 0 Å². The van der Waals surface area contributed by atoms with E-state index < -0.39 is 0 Å². The molecule has 0 amide bonds. The summed E-state index contributed by atoms with van der Waals surface area (Å²) in [6.07, 6.45) is 3.38. The predicted octanol–water partition coefficient (Wildman–Crippen LogP) is 1.16. The Bertz CT molecular complexity index is 214. The van der Waals surface area contributed by atoms with Gasteiger partial charge in [-0.3, -0.25) is 4.90 Å². The molecule has 0 bridgehead atoms. The quantitative estimate of drug-likeness (QED) is 0.592. The molecular weight excluding hydrogens is 150 g/mol. The van der Waals surface area contributed by atoms with Crippen molar-refractivity contribution in [2.75, 3.05) is 13.2 Å². The predicted molar refractivity (Wildman–Crippen MR) is 49.0 cm³/mol. The Hall–Kier alpha value is -0.340. The van der Waals surface area contributed by atoms with Gasteiger partial charge in [-0.2, -0.15) is 0 Å². The highest BCUT2D eigenvalue weighted by Crippen LogP contribution is 2.43. The van der Waals surface area contributed by atoms with E-state index in [1.165, 1.54) is 12.0 Å².